The van der Waals surface area contributed by atoms with E-state index in [4.69, 9.17) is 5.11 Å². The summed E-state index contributed by atoms with van der Waals surface area (Å²) in [6, 6.07) is 9.18. The van der Waals surface area contributed by atoms with Crippen molar-refractivity contribution in [1.29, 1.82) is 0 Å². The summed E-state index contributed by atoms with van der Waals surface area (Å²) in [4.78, 5) is 12.6. The molecule has 0 unspecified atom stereocenters. The van der Waals surface area contributed by atoms with Gasteiger partial charge < -0.3 is 15.1 Å². The average Bonchev–Trinajstić information content (AvgIpc) is 2.62. The van der Waals surface area contributed by atoms with Crippen LogP contribution in [0.15, 0.2) is 47.4 Å². The van der Waals surface area contributed by atoms with Crippen molar-refractivity contribution in [2.24, 2.45) is 0 Å². The molecule has 0 bridgehead atoms. The molecule has 1 N–H and O–H groups in total. The van der Waals surface area contributed by atoms with Crippen molar-refractivity contribution >= 4 is 21.7 Å². The third kappa shape index (κ3) is 3.35. The summed E-state index contributed by atoms with van der Waals surface area (Å²) in [5.41, 5.74) is -0.176. The lowest BCUT2D eigenvalue weighted by Gasteiger charge is -2.35. The van der Waals surface area contributed by atoms with Gasteiger partial charge in [0.05, 0.1) is 16.1 Å². The fourth-order valence-electron chi connectivity index (χ4n) is 2.86. The molecule has 1 heterocycles. The number of aromatic carboxylic acids is 1. The molecule has 9 heteroatoms. The maximum Gasteiger partial charge on any atom is 0.335 e. The molecule has 2 aromatic rings. The number of carboxylic acid groups (broad SMARTS) is 1. The van der Waals surface area contributed by atoms with Gasteiger partial charge >= 0.3 is 5.97 Å². The number of carbonyl (C=O) groups is 1. The number of halogens is 1. The Balaban J connectivity index is 1.79. The van der Waals surface area contributed by atoms with E-state index in [9.17, 15) is 22.7 Å². The quantitative estimate of drug-likeness (QED) is 0.854. The van der Waals surface area contributed by atoms with Gasteiger partial charge in [-0.3, -0.25) is 0 Å². The molecule has 0 aliphatic carbocycles. The highest BCUT2D eigenvalue weighted by molar-refractivity contribution is 7.89. The molecule has 0 radical (unpaired) electrons. The van der Waals surface area contributed by atoms with Crippen LogP contribution in [0.1, 0.15) is 10.4 Å². The molecule has 0 spiro atoms. The summed E-state index contributed by atoms with van der Waals surface area (Å²) in [5.74, 6) is -2.60. The zero-order valence-corrected chi connectivity index (χ0v) is 14.4. The number of nitrogens with zero attached hydrogens (tertiary/aromatic N) is 2. The van der Waals surface area contributed by atoms with Crippen LogP contribution in [0.4, 0.5) is 10.1 Å². The van der Waals surface area contributed by atoms with Crippen LogP contribution < -0.4 is 10.0 Å². The van der Waals surface area contributed by atoms with Gasteiger partial charge in [-0.1, -0.05) is 23.9 Å². The summed E-state index contributed by atoms with van der Waals surface area (Å²) in [6.45, 7) is 0.841. The standard InChI is InChI=1S/C17H17FN2O5S/c18-14-3-1-2-4-15(14)19-7-9-20(10-8-19)26(24,25)12-5-6-16(21)13(11-12)17(22)23/h1-6,11,21H,7-10H2,(H,22,23)/p-1. The third-order valence-electron chi connectivity index (χ3n) is 4.25. The van der Waals surface area contributed by atoms with Gasteiger partial charge in [-0.2, -0.15) is 4.31 Å². The lowest BCUT2D eigenvalue weighted by atomic mass is 10.2. The number of hydrogen-bond acceptors (Lipinski definition) is 5. The molecule has 138 valence electrons. The van der Waals surface area contributed by atoms with E-state index in [1.54, 1.807) is 23.1 Å². The van der Waals surface area contributed by atoms with Gasteiger partial charge in [0.2, 0.25) is 10.0 Å². The van der Waals surface area contributed by atoms with Crippen LogP contribution in [0.2, 0.25) is 0 Å². The Labute approximate surface area is 150 Å². The van der Waals surface area contributed by atoms with Crippen molar-refractivity contribution in [3.8, 4) is 5.75 Å². The van der Waals surface area contributed by atoms with Gasteiger partial charge in [-0.05, 0) is 24.3 Å². The van der Waals surface area contributed by atoms with E-state index in [1.165, 1.54) is 10.4 Å². The van der Waals surface area contributed by atoms with Crippen LogP contribution in [0.3, 0.4) is 0 Å². The minimum Gasteiger partial charge on any atom is -0.872 e. The van der Waals surface area contributed by atoms with E-state index < -0.39 is 27.3 Å². The fraction of sp³-hybridized carbons (Fsp3) is 0.235. The average molecular weight is 379 g/mol. The number of sulfonamides is 1. The van der Waals surface area contributed by atoms with Crippen molar-refractivity contribution in [3.63, 3.8) is 0 Å². The molecular formula is C17H16FN2O5S-. The number of carboxylic acids is 1. The van der Waals surface area contributed by atoms with Crippen LogP contribution in [0.5, 0.6) is 5.75 Å². The summed E-state index contributed by atoms with van der Waals surface area (Å²) >= 11 is 0. The SMILES string of the molecule is O=C(O)c1cc(S(=O)(=O)N2CCN(c3ccccc3F)CC2)ccc1[O-]. The first-order valence-electron chi connectivity index (χ1n) is 7.84. The summed E-state index contributed by atoms with van der Waals surface area (Å²) in [7, 11) is -3.94. The van der Waals surface area contributed by atoms with Crippen LogP contribution in [-0.4, -0.2) is 50.0 Å². The van der Waals surface area contributed by atoms with Crippen molar-refractivity contribution < 1.29 is 27.8 Å². The normalized spacial score (nSPS) is 15.8. The second-order valence-electron chi connectivity index (χ2n) is 5.81. The van der Waals surface area contributed by atoms with Crippen molar-refractivity contribution in [2.45, 2.75) is 4.90 Å². The topological polar surface area (TPSA) is 101 Å². The molecular weight excluding hydrogens is 363 g/mol. The van der Waals surface area contributed by atoms with Crippen LogP contribution >= 0.6 is 0 Å². The Morgan fingerprint density at radius 3 is 2.35 bits per heavy atom. The van der Waals surface area contributed by atoms with E-state index in [1.807, 2.05) is 0 Å². The summed E-state index contributed by atoms with van der Waals surface area (Å²) in [6.07, 6.45) is 0. The van der Waals surface area contributed by atoms with Crippen LogP contribution in [-0.2, 0) is 10.0 Å². The Morgan fingerprint density at radius 1 is 1.08 bits per heavy atom. The minimum absolute atomic E-state index is 0.123. The highest BCUT2D eigenvalue weighted by atomic mass is 32.2. The number of hydrogen-bond donors (Lipinski definition) is 1. The molecule has 26 heavy (non-hydrogen) atoms. The van der Waals surface area contributed by atoms with E-state index in [2.05, 4.69) is 0 Å². The zero-order chi connectivity index (χ0) is 18.9. The second-order valence-corrected chi connectivity index (χ2v) is 7.74. The maximum absolute atomic E-state index is 13.9. The molecule has 0 atom stereocenters. The fourth-order valence-corrected chi connectivity index (χ4v) is 4.31. The van der Waals surface area contributed by atoms with E-state index in [0.717, 1.165) is 18.2 Å². The Bertz CT molecular complexity index is 940. The monoisotopic (exact) mass is 379 g/mol. The van der Waals surface area contributed by atoms with Crippen molar-refractivity contribution in [3.05, 3.63) is 53.8 Å². The van der Waals surface area contributed by atoms with Gasteiger partial charge in [0, 0.05) is 26.2 Å². The van der Waals surface area contributed by atoms with E-state index in [-0.39, 0.29) is 23.8 Å². The predicted octanol–water partition coefficient (Wildman–Crippen LogP) is 1.11. The Morgan fingerprint density at radius 2 is 1.73 bits per heavy atom. The lowest BCUT2D eigenvalue weighted by molar-refractivity contribution is -0.268. The molecule has 2 aromatic carbocycles. The maximum atomic E-state index is 13.9. The summed E-state index contributed by atoms with van der Waals surface area (Å²) in [5, 5.41) is 20.5. The molecule has 7 nitrogen and oxygen atoms in total. The molecule has 1 fully saturated rings. The van der Waals surface area contributed by atoms with E-state index >= 15 is 0 Å². The van der Waals surface area contributed by atoms with Crippen LogP contribution in [0, 0.1) is 5.82 Å². The predicted molar refractivity (Wildman–Crippen MR) is 90.2 cm³/mol. The highest BCUT2D eigenvalue weighted by Crippen LogP contribution is 2.25. The summed E-state index contributed by atoms with van der Waals surface area (Å²) < 4.78 is 40.5. The van der Waals surface area contributed by atoms with Gasteiger partial charge in [-0.25, -0.2) is 17.6 Å². The minimum atomic E-state index is -3.94. The molecule has 0 saturated carbocycles. The molecule has 1 aliphatic rings. The largest absolute Gasteiger partial charge is 0.872 e. The number of rotatable bonds is 4. The number of para-hydroxylation sites is 1. The third-order valence-corrected chi connectivity index (χ3v) is 6.15. The lowest BCUT2D eigenvalue weighted by Crippen LogP contribution is -2.48. The number of anilines is 1. The van der Waals surface area contributed by atoms with Gasteiger partial charge in [-0.15, -0.1) is 0 Å². The van der Waals surface area contributed by atoms with Gasteiger partial charge in [0.1, 0.15) is 5.82 Å². The smallest absolute Gasteiger partial charge is 0.335 e. The molecule has 1 aliphatic heterocycles. The van der Waals surface area contributed by atoms with Crippen molar-refractivity contribution in [2.75, 3.05) is 31.1 Å². The van der Waals surface area contributed by atoms with Crippen LogP contribution in [0.25, 0.3) is 0 Å². The van der Waals surface area contributed by atoms with Gasteiger partial charge in [0.15, 0.2) is 0 Å². The Hall–Kier alpha value is -2.65. The molecule has 1 saturated heterocycles. The second kappa shape index (κ2) is 6.93. The molecule has 3 rings (SSSR count). The molecule has 0 amide bonds. The van der Waals surface area contributed by atoms with Crippen molar-refractivity contribution in [1.82, 2.24) is 4.31 Å². The Kier molecular flexibility index (Phi) is 4.84. The highest BCUT2D eigenvalue weighted by Gasteiger charge is 2.29. The first kappa shape index (κ1) is 18.2. The number of benzene rings is 2. The first-order chi connectivity index (χ1) is 12.3. The number of piperazine rings is 1. The van der Waals surface area contributed by atoms with E-state index in [0.29, 0.717) is 18.8 Å². The van der Waals surface area contributed by atoms with Gasteiger partial charge in [0.25, 0.3) is 0 Å². The molecule has 0 aromatic heterocycles. The first-order valence-corrected chi connectivity index (χ1v) is 9.28. The zero-order valence-electron chi connectivity index (χ0n) is 13.6.